The zero-order valence-corrected chi connectivity index (χ0v) is 14.4. The number of halogens is 3. The van der Waals surface area contributed by atoms with Crippen molar-refractivity contribution < 1.29 is 18.0 Å². The maximum Gasteiger partial charge on any atom is 0.409 e. The van der Waals surface area contributed by atoms with Gasteiger partial charge in [0, 0.05) is 13.0 Å². The van der Waals surface area contributed by atoms with E-state index in [0.29, 0.717) is 0 Å². The van der Waals surface area contributed by atoms with Crippen molar-refractivity contribution in [3.05, 3.63) is 47.5 Å². The minimum absolute atomic E-state index is 0.0423. The molecule has 0 radical (unpaired) electrons. The molecule has 1 saturated heterocycles. The van der Waals surface area contributed by atoms with Crippen LogP contribution in [0.25, 0.3) is 10.8 Å². The molecule has 1 N–H and O–H groups in total. The molecule has 0 unspecified atom stereocenters. The van der Waals surface area contributed by atoms with Crippen LogP contribution in [0.2, 0.25) is 0 Å². The molecule has 25 heavy (non-hydrogen) atoms. The summed E-state index contributed by atoms with van der Waals surface area (Å²) in [4.78, 5) is 11.4. The Labute approximate surface area is 144 Å². The van der Waals surface area contributed by atoms with Crippen molar-refractivity contribution in [3.8, 4) is 0 Å². The topological polar surface area (TPSA) is 32.3 Å². The quantitative estimate of drug-likeness (QED) is 0.866. The summed E-state index contributed by atoms with van der Waals surface area (Å²) in [6, 6.07) is 8.81. The molecule has 3 rings (SSSR count). The molecule has 6 heteroatoms. The lowest BCUT2D eigenvalue weighted by molar-refractivity contribution is -0.191. The number of alkyl halides is 3. The molecule has 1 fully saturated rings. The predicted octanol–water partition coefficient (Wildman–Crippen LogP) is 4.48. The first-order valence-corrected chi connectivity index (χ1v) is 8.23. The third-order valence-electron chi connectivity index (χ3n) is 4.48. The van der Waals surface area contributed by atoms with Gasteiger partial charge >= 0.3 is 6.18 Å². The summed E-state index contributed by atoms with van der Waals surface area (Å²) in [6.45, 7) is 6.00. The summed E-state index contributed by atoms with van der Waals surface area (Å²) >= 11 is 0. The standard InChI is InChI=1S/C19H21F3N2O/c1-18(2,3)15-11-13(10-12-6-4-5-7-14(12)15)17(19(20,21)22)24-9-8-16(25)23-24/h4-7,10-11,17H,8-9H2,1-3H3,(H,23,25)/t17-/m0/s1. The molecule has 1 amide bonds. The van der Waals surface area contributed by atoms with Crippen molar-refractivity contribution in [1.29, 1.82) is 0 Å². The molecule has 0 aliphatic carbocycles. The third kappa shape index (κ3) is 3.49. The molecule has 1 aliphatic heterocycles. The van der Waals surface area contributed by atoms with E-state index >= 15 is 0 Å². The van der Waals surface area contributed by atoms with Gasteiger partial charge in [0.2, 0.25) is 5.91 Å². The van der Waals surface area contributed by atoms with E-state index in [-0.39, 0.29) is 29.9 Å². The van der Waals surface area contributed by atoms with E-state index in [2.05, 4.69) is 5.43 Å². The summed E-state index contributed by atoms with van der Waals surface area (Å²) in [6.07, 6.45) is -4.42. The number of hydrogen-bond acceptors (Lipinski definition) is 2. The van der Waals surface area contributed by atoms with Crippen LogP contribution in [-0.4, -0.2) is 23.6 Å². The van der Waals surface area contributed by atoms with Crippen molar-refractivity contribution in [1.82, 2.24) is 10.4 Å². The van der Waals surface area contributed by atoms with Gasteiger partial charge in [-0.2, -0.15) is 13.2 Å². The normalized spacial score (nSPS) is 17.8. The molecule has 0 bridgehead atoms. The molecule has 1 heterocycles. The Morgan fingerprint density at radius 3 is 2.36 bits per heavy atom. The van der Waals surface area contributed by atoms with Gasteiger partial charge in [-0.1, -0.05) is 51.1 Å². The molecule has 0 saturated carbocycles. The summed E-state index contributed by atoms with van der Waals surface area (Å²) in [5, 5.41) is 2.72. The van der Waals surface area contributed by atoms with Crippen LogP contribution in [0.3, 0.4) is 0 Å². The number of benzene rings is 2. The lowest BCUT2D eigenvalue weighted by Gasteiger charge is -2.31. The van der Waals surface area contributed by atoms with Gasteiger partial charge in [0.1, 0.15) is 6.04 Å². The Morgan fingerprint density at radius 1 is 1.12 bits per heavy atom. The van der Waals surface area contributed by atoms with E-state index in [1.165, 1.54) is 0 Å². The van der Waals surface area contributed by atoms with Crippen molar-refractivity contribution >= 4 is 16.7 Å². The zero-order chi connectivity index (χ0) is 18.4. The fourth-order valence-corrected chi connectivity index (χ4v) is 3.35. The average molecular weight is 350 g/mol. The summed E-state index contributed by atoms with van der Waals surface area (Å²) in [5.74, 6) is -0.383. The van der Waals surface area contributed by atoms with Crippen LogP contribution in [0.5, 0.6) is 0 Å². The Kier molecular flexibility index (Phi) is 4.27. The van der Waals surface area contributed by atoms with E-state index in [0.717, 1.165) is 21.3 Å². The Hall–Kier alpha value is -2.08. The van der Waals surface area contributed by atoms with E-state index in [9.17, 15) is 18.0 Å². The fraction of sp³-hybridized carbons (Fsp3) is 0.421. The highest BCUT2D eigenvalue weighted by atomic mass is 19.4. The van der Waals surface area contributed by atoms with Gasteiger partial charge in [0.05, 0.1) is 0 Å². The van der Waals surface area contributed by atoms with Gasteiger partial charge in [-0.3, -0.25) is 10.2 Å². The maximum absolute atomic E-state index is 13.8. The van der Waals surface area contributed by atoms with Gasteiger partial charge in [0.25, 0.3) is 0 Å². The lowest BCUT2D eigenvalue weighted by atomic mass is 9.81. The minimum atomic E-state index is -4.49. The van der Waals surface area contributed by atoms with Crippen molar-refractivity contribution in [2.45, 2.75) is 44.8 Å². The molecule has 3 nitrogen and oxygen atoms in total. The number of nitrogens with zero attached hydrogens (tertiary/aromatic N) is 1. The monoisotopic (exact) mass is 350 g/mol. The first-order valence-electron chi connectivity index (χ1n) is 8.23. The Bertz CT molecular complexity index is 808. The molecule has 0 aromatic heterocycles. The lowest BCUT2D eigenvalue weighted by Crippen LogP contribution is -2.43. The smallest absolute Gasteiger partial charge is 0.288 e. The molecule has 1 atom stereocenters. The number of hydrazine groups is 1. The number of carbonyl (C=O) groups excluding carboxylic acids is 1. The zero-order valence-electron chi connectivity index (χ0n) is 14.4. The van der Waals surface area contributed by atoms with Crippen molar-refractivity contribution in [2.24, 2.45) is 0 Å². The van der Waals surface area contributed by atoms with Crippen LogP contribution >= 0.6 is 0 Å². The highest BCUT2D eigenvalue weighted by molar-refractivity contribution is 5.87. The second-order valence-corrected chi connectivity index (χ2v) is 7.46. The SMILES string of the molecule is CC(C)(C)c1cc([C@H](N2CCC(=O)N2)C(F)(F)F)cc2ccccc12. The van der Waals surface area contributed by atoms with Crippen LogP contribution in [0, 0.1) is 0 Å². The molecule has 1 aliphatic rings. The maximum atomic E-state index is 13.8. The van der Waals surface area contributed by atoms with E-state index in [1.807, 2.05) is 45.0 Å². The van der Waals surface area contributed by atoms with Crippen LogP contribution in [-0.2, 0) is 10.2 Å². The second-order valence-electron chi connectivity index (χ2n) is 7.46. The first kappa shape index (κ1) is 17.7. The van der Waals surface area contributed by atoms with Crippen LogP contribution < -0.4 is 5.43 Å². The molecule has 134 valence electrons. The van der Waals surface area contributed by atoms with E-state index in [1.54, 1.807) is 12.1 Å². The Morgan fingerprint density at radius 2 is 1.80 bits per heavy atom. The van der Waals surface area contributed by atoms with Gasteiger partial charge in [-0.15, -0.1) is 0 Å². The van der Waals surface area contributed by atoms with Crippen LogP contribution in [0.4, 0.5) is 13.2 Å². The summed E-state index contributed by atoms with van der Waals surface area (Å²) in [5.41, 5.74) is 3.05. The molecular weight excluding hydrogens is 329 g/mol. The van der Waals surface area contributed by atoms with Crippen LogP contribution in [0.1, 0.15) is 44.4 Å². The number of hydrogen-bond donors (Lipinski definition) is 1. The minimum Gasteiger partial charge on any atom is -0.288 e. The summed E-state index contributed by atoms with van der Waals surface area (Å²) in [7, 11) is 0. The predicted molar refractivity (Wildman–Crippen MR) is 90.9 cm³/mol. The van der Waals surface area contributed by atoms with Gasteiger partial charge < -0.3 is 0 Å². The van der Waals surface area contributed by atoms with E-state index < -0.39 is 12.2 Å². The van der Waals surface area contributed by atoms with Crippen LogP contribution in [0.15, 0.2) is 36.4 Å². The number of amides is 1. The number of fused-ring (bicyclic) bond motifs is 1. The van der Waals surface area contributed by atoms with E-state index in [4.69, 9.17) is 0 Å². The number of carbonyl (C=O) groups is 1. The largest absolute Gasteiger partial charge is 0.409 e. The molecule has 0 spiro atoms. The highest BCUT2D eigenvalue weighted by Gasteiger charge is 2.47. The first-order chi connectivity index (χ1) is 11.6. The summed E-state index contributed by atoms with van der Waals surface area (Å²) < 4.78 is 41.5. The van der Waals surface area contributed by atoms with Crippen molar-refractivity contribution in [3.63, 3.8) is 0 Å². The Balaban J connectivity index is 2.20. The second kappa shape index (κ2) is 6.02. The van der Waals surface area contributed by atoms with Crippen molar-refractivity contribution in [2.75, 3.05) is 6.54 Å². The average Bonchev–Trinajstić information content (AvgIpc) is 2.90. The molecular formula is C19H21F3N2O. The fourth-order valence-electron chi connectivity index (χ4n) is 3.35. The van der Waals surface area contributed by atoms with Gasteiger partial charge in [-0.05, 0) is 33.4 Å². The molecule has 2 aromatic rings. The highest BCUT2D eigenvalue weighted by Crippen LogP contribution is 2.41. The number of rotatable bonds is 2. The third-order valence-corrected chi connectivity index (χ3v) is 4.48. The molecule has 2 aromatic carbocycles. The van der Waals surface area contributed by atoms with Gasteiger partial charge in [-0.25, -0.2) is 5.01 Å². The number of nitrogens with one attached hydrogen (secondary N) is 1. The van der Waals surface area contributed by atoms with Gasteiger partial charge in [0.15, 0.2) is 0 Å².